The molecule has 0 saturated carbocycles. The molecule has 1 saturated heterocycles. The van der Waals surface area contributed by atoms with Crippen LogP contribution in [0.25, 0.3) is 0 Å². The van der Waals surface area contributed by atoms with Crippen LogP contribution >= 0.6 is 0 Å². The molecule has 0 spiro atoms. The summed E-state index contributed by atoms with van der Waals surface area (Å²) in [7, 11) is 0. The topological polar surface area (TPSA) is 41.3 Å². The first kappa shape index (κ1) is 13.6. The van der Waals surface area contributed by atoms with E-state index in [-0.39, 0.29) is 0 Å². The summed E-state index contributed by atoms with van der Waals surface area (Å²) in [6.07, 6.45) is 5.21. The standard InChI is InChI=1S/C14H25N3O/c1-4-13-9-16-14(18-13)10-17-7-6-12(15-5-2)8-11(17)3/h9,11-12,15H,4-8,10H2,1-3H3. The van der Waals surface area contributed by atoms with Gasteiger partial charge in [0.25, 0.3) is 0 Å². The van der Waals surface area contributed by atoms with Crippen molar-refractivity contribution in [3.05, 3.63) is 17.8 Å². The molecule has 1 aliphatic heterocycles. The predicted molar refractivity (Wildman–Crippen MR) is 72.5 cm³/mol. The molecule has 4 heteroatoms. The summed E-state index contributed by atoms with van der Waals surface area (Å²) >= 11 is 0. The highest BCUT2D eigenvalue weighted by atomic mass is 16.4. The highest BCUT2D eigenvalue weighted by molar-refractivity contribution is 4.94. The van der Waals surface area contributed by atoms with Crippen LogP contribution in [0, 0.1) is 0 Å². The Labute approximate surface area is 110 Å². The minimum absolute atomic E-state index is 0.597. The van der Waals surface area contributed by atoms with E-state index in [1.54, 1.807) is 0 Å². The normalized spacial score (nSPS) is 25.5. The van der Waals surface area contributed by atoms with Gasteiger partial charge in [0.15, 0.2) is 0 Å². The van der Waals surface area contributed by atoms with E-state index < -0.39 is 0 Å². The molecular formula is C14H25N3O. The van der Waals surface area contributed by atoms with E-state index in [2.05, 4.69) is 36.0 Å². The van der Waals surface area contributed by atoms with Crippen LogP contribution in [0.5, 0.6) is 0 Å². The summed E-state index contributed by atoms with van der Waals surface area (Å²) in [6.45, 7) is 9.61. The first-order valence-electron chi connectivity index (χ1n) is 7.14. The lowest BCUT2D eigenvalue weighted by Crippen LogP contribution is -2.46. The minimum atomic E-state index is 0.597. The average molecular weight is 251 g/mol. The van der Waals surface area contributed by atoms with E-state index in [9.17, 15) is 0 Å². The third kappa shape index (κ3) is 3.33. The molecule has 0 aromatic carbocycles. The number of likely N-dealkylation sites (tertiary alicyclic amines) is 1. The van der Waals surface area contributed by atoms with Gasteiger partial charge in [-0.05, 0) is 26.3 Å². The highest BCUT2D eigenvalue weighted by Crippen LogP contribution is 2.19. The van der Waals surface area contributed by atoms with Crippen LogP contribution < -0.4 is 5.32 Å². The Bertz CT molecular complexity index is 364. The maximum atomic E-state index is 5.69. The second-order valence-corrected chi connectivity index (χ2v) is 5.17. The Morgan fingerprint density at radius 3 is 2.94 bits per heavy atom. The van der Waals surface area contributed by atoms with Gasteiger partial charge in [-0.15, -0.1) is 0 Å². The van der Waals surface area contributed by atoms with Gasteiger partial charge >= 0.3 is 0 Å². The smallest absolute Gasteiger partial charge is 0.208 e. The number of aromatic nitrogens is 1. The first-order valence-corrected chi connectivity index (χ1v) is 7.14. The van der Waals surface area contributed by atoms with Crippen LogP contribution in [0.2, 0.25) is 0 Å². The zero-order valence-electron chi connectivity index (χ0n) is 11.8. The SMILES string of the molecule is CCNC1CCN(Cc2ncc(CC)o2)C(C)C1. The van der Waals surface area contributed by atoms with Crippen LogP contribution in [0.1, 0.15) is 45.3 Å². The van der Waals surface area contributed by atoms with Gasteiger partial charge in [0.2, 0.25) is 5.89 Å². The summed E-state index contributed by atoms with van der Waals surface area (Å²) < 4.78 is 5.69. The number of oxazole rings is 1. The summed E-state index contributed by atoms with van der Waals surface area (Å²) in [6, 6.07) is 1.27. The van der Waals surface area contributed by atoms with Gasteiger partial charge in [-0.3, -0.25) is 4.90 Å². The van der Waals surface area contributed by atoms with Crippen LogP contribution in [-0.4, -0.2) is 35.1 Å². The van der Waals surface area contributed by atoms with Gasteiger partial charge in [-0.25, -0.2) is 4.98 Å². The molecule has 102 valence electrons. The van der Waals surface area contributed by atoms with Gasteiger partial charge in [-0.1, -0.05) is 13.8 Å². The number of hydrogen-bond donors (Lipinski definition) is 1. The van der Waals surface area contributed by atoms with Gasteiger partial charge in [0.05, 0.1) is 12.7 Å². The zero-order valence-corrected chi connectivity index (χ0v) is 11.8. The molecule has 2 rings (SSSR count). The van der Waals surface area contributed by atoms with Gasteiger partial charge in [-0.2, -0.15) is 0 Å². The monoisotopic (exact) mass is 251 g/mol. The van der Waals surface area contributed by atoms with Gasteiger partial charge in [0.1, 0.15) is 5.76 Å². The molecule has 2 atom stereocenters. The van der Waals surface area contributed by atoms with Crippen molar-refractivity contribution >= 4 is 0 Å². The second kappa shape index (κ2) is 6.34. The van der Waals surface area contributed by atoms with Crippen molar-refractivity contribution in [1.29, 1.82) is 0 Å². The Morgan fingerprint density at radius 2 is 2.33 bits per heavy atom. The summed E-state index contributed by atoms with van der Waals surface area (Å²) in [4.78, 5) is 6.82. The summed E-state index contributed by atoms with van der Waals surface area (Å²) in [5.74, 6) is 1.85. The Balaban J connectivity index is 1.87. The molecule has 1 aromatic heterocycles. The molecule has 1 N–H and O–H groups in total. The number of nitrogens with one attached hydrogen (secondary N) is 1. The fourth-order valence-electron chi connectivity index (χ4n) is 2.69. The van der Waals surface area contributed by atoms with E-state index in [1.165, 1.54) is 12.8 Å². The predicted octanol–water partition coefficient (Wildman–Crippen LogP) is 2.20. The van der Waals surface area contributed by atoms with E-state index in [4.69, 9.17) is 4.42 Å². The van der Waals surface area contributed by atoms with Crippen molar-refractivity contribution in [3.63, 3.8) is 0 Å². The van der Waals surface area contributed by atoms with Crippen molar-refractivity contribution < 1.29 is 4.42 Å². The molecule has 2 heterocycles. The number of piperidine rings is 1. The van der Waals surface area contributed by atoms with Crippen molar-refractivity contribution in [3.8, 4) is 0 Å². The molecule has 0 aliphatic carbocycles. The van der Waals surface area contributed by atoms with Gasteiger partial charge < -0.3 is 9.73 Å². The third-order valence-electron chi connectivity index (χ3n) is 3.79. The molecule has 1 fully saturated rings. The molecule has 18 heavy (non-hydrogen) atoms. The summed E-state index contributed by atoms with van der Waals surface area (Å²) in [5.41, 5.74) is 0. The molecular weight excluding hydrogens is 226 g/mol. The van der Waals surface area contributed by atoms with Crippen molar-refractivity contribution in [2.24, 2.45) is 0 Å². The van der Waals surface area contributed by atoms with Crippen molar-refractivity contribution in [2.75, 3.05) is 13.1 Å². The zero-order chi connectivity index (χ0) is 13.0. The maximum absolute atomic E-state index is 5.69. The number of rotatable bonds is 5. The van der Waals surface area contributed by atoms with Crippen LogP contribution in [0.4, 0.5) is 0 Å². The van der Waals surface area contributed by atoms with Gasteiger partial charge in [0, 0.05) is 25.0 Å². The van der Waals surface area contributed by atoms with E-state index in [0.717, 1.165) is 37.7 Å². The Morgan fingerprint density at radius 1 is 1.50 bits per heavy atom. The molecule has 0 bridgehead atoms. The number of aryl methyl sites for hydroxylation is 1. The Kier molecular flexibility index (Phi) is 4.78. The van der Waals surface area contributed by atoms with E-state index >= 15 is 0 Å². The lowest BCUT2D eigenvalue weighted by Gasteiger charge is -2.37. The van der Waals surface area contributed by atoms with Crippen LogP contribution in [0.15, 0.2) is 10.6 Å². The van der Waals surface area contributed by atoms with Crippen LogP contribution in [-0.2, 0) is 13.0 Å². The quantitative estimate of drug-likeness (QED) is 0.871. The largest absolute Gasteiger partial charge is 0.444 e. The fraction of sp³-hybridized carbons (Fsp3) is 0.786. The molecule has 0 amide bonds. The van der Waals surface area contributed by atoms with E-state index in [0.29, 0.717) is 12.1 Å². The molecule has 1 aliphatic rings. The molecule has 4 nitrogen and oxygen atoms in total. The van der Waals surface area contributed by atoms with Crippen LogP contribution in [0.3, 0.4) is 0 Å². The van der Waals surface area contributed by atoms with Crippen molar-refractivity contribution in [2.45, 2.75) is 58.7 Å². The maximum Gasteiger partial charge on any atom is 0.208 e. The van der Waals surface area contributed by atoms with Crippen molar-refractivity contribution in [1.82, 2.24) is 15.2 Å². The lowest BCUT2D eigenvalue weighted by atomic mass is 9.98. The van der Waals surface area contributed by atoms with E-state index in [1.807, 2.05) is 6.20 Å². The Hall–Kier alpha value is -0.870. The number of nitrogens with zero attached hydrogens (tertiary/aromatic N) is 2. The first-order chi connectivity index (χ1) is 8.72. The molecule has 1 aromatic rings. The second-order valence-electron chi connectivity index (χ2n) is 5.17. The minimum Gasteiger partial charge on any atom is -0.444 e. The third-order valence-corrected chi connectivity index (χ3v) is 3.79. The molecule has 2 unspecified atom stereocenters. The lowest BCUT2D eigenvalue weighted by molar-refractivity contribution is 0.118. The highest BCUT2D eigenvalue weighted by Gasteiger charge is 2.25. The fourth-order valence-corrected chi connectivity index (χ4v) is 2.69. The average Bonchev–Trinajstić information content (AvgIpc) is 2.81. The summed E-state index contributed by atoms with van der Waals surface area (Å²) in [5, 5.41) is 3.55. The number of hydrogen-bond acceptors (Lipinski definition) is 4. The molecule has 0 radical (unpaired) electrons.